The highest BCUT2D eigenvalue weighted by Gasteiger charge is 2.41. The van der Waals surface area contributed by atoms with Gasteiger partial charge < -0.3 is 22.8 Å². The minimum atomic E-state index is -2.62. The molecule has 1 aliphatic rings. The summed E-state index contributed by atoms with van der Waals surface area (Å²) in [5, 5.41) is 0. The van der Waals surface area contributed by atoms with Crippen LogP contribution in [0.2, 0.25) is 6.04 Å². The van der Waals surface area contributed by atoms with Gasteiger partial charge in [0.1, 0.15) is 6.10 Å². The molecule has 0 N–H and O–H groups in total. The lowest BCUT2D eigenvalue weighted by Crippen LogP contribution is -2.47. The van der Waals surface area contributed by atoms with E-state index in [0.717, 1.165) is 51.2 Å². The van der Waals surface area contributed by atoms with Gasteiger partial charge in [0.15, 0.2) is 0 Å². The first kappa shape index (κ1) is 21.1. The van der Waals surface area contributed by atoms with Crippen LogP contribution in [0.25, 0.3) is 0 Å². The van der Waals surface area contributed by atoms with Crippen LogP contribution in [0.1, 0.15) is 59.3 Å². The zero-order valence-electron chi connectivity index (χ0n) is 15.3. The summed E-state index contributed by atoms with van der Waals surface area (Å²) < 4.78 is 29.4. The van der Waals surface area contributed by atoms with Crippen molar-refractivity contribution in [3.8, 4) is 0 Å². The average molecular weight is 349 g/mol. The molecule has 1 saturated heterocycles. The third-order valence-corrected chi connectivity index (χ3v) is 6.47. The first-order chi connectivity index (χ1) is 11.3. The number of hydrogen-bond acceptors (Lipinski definition) is 5. The van der Waals surface area contributed by atoms with E-state index in [2.05, 4.69) is 20.8 Å². The van der Waals surface area contributed by atoms with Crippen LogP contribution in [0, 0.1) is 0 Å². The molecule has 1 unspecified atom stereocenters. The van der Waals surface area contributed by atoms with Gasteiger partial charge in [0.25, 0.3) is 0 Å². The lowest BCUT2D eigenvalue weighted by Gasteiger charge is -2.30. The van der Waals surface area contributed by atoms with E-state index in [-0.39, 0.29) is 0 Å². The predicted octanol–water partition coefficient (Wildman–Crippen LogP) is 3.79. The Kier molecular flexibility index (Phi) is 12.2. The molecule has 23 heavy (non-hydrogen) atoms. The van der Waals surface area contributed by atoms with Crippen LogP contribution in [0.5, 0.6) is 0 Å². The molecule has 1 atom stereocenters. The van der Waals surface area contributed by atoms with Gasteiger partial charge in [-0.15, -0.1) is 0 Å². The van der Waals surface area contributed by atoms with Crippen molar-refractivity contribution in [2.24, 2.45) is 0 Å². The largest absolute Gasteiger partial charge is 0.503 e. The van der Waals surface area contributed by atoms with Gasteiger partial charge in [0.05, 0.1) is 19.8 Å². The van der Waals surface area contributed by atoms with E-state index in [9.17, 15) is 0 Å². The second kappa shape index (κ2) is 13.3. The van der Waals surface area contributed by atoms with E-state index in [1.165, 1.54) is 0 Å². The van der Waals surface area contributed by atoms with Gasteiger partial charge in [-0.3, -0.25) is 0 Å². The van der Waals surface area contributed by atoms with Crippen molar-refractivity contribution < 1.29 is 22.8 Å². The van der Waals surface area contributed by atoms with Crippen LogP contribution in [0.15, 0.2) is 0 Å². The van der Waals surface area contributed by atoms with Gasteiger partial charge in [-0.2, -0.15) is 0 Å². The van der Waals surface area contributed by atoms with Gasteiger partial charge in [0, 0.05) is 25.9 Å². The molecule has 0 amide bonds. The second-order valence-electron chi connectivity index (χ2n) is 6.07. The lowest BCUT2D eigenvalue weighted by molar-refractivity contribution is 0.0438. The SMILES string of the molecule is CCCCO[Si](CCOCC1CO1)(OCCCC)OCCCC. The first-order valence-electron chi connectivity index (χ1n) is 9.37. The minimum absolute atomic E-state index is 0.300. The molecule has 0 aromatic carbocycles. The third kappa shape index (κ3) is 10.5. The first-order valence-corrected chi connectivity index (χ1v) is 11.3. The molecule has 1 aliphatic heterocycles. The monoisotopic (exact) mass is 348 g/mol. The van der Waals surface area contributed by atoms with Crippen molar-refractivity contribution in [1.82, 2.24) is 0 Å². The normalized spacial score (nSPS) is 17.6. The third-order valence-electron chi connectivity index (χ3n) is 3.72. The quantitative estimate of drug-likeness (QED) is 0.227. The molecule has 1 fully saturated rings. The Balaban J connectivity index is 2.47. The summed E-state index contributed by atoms with van der Waals surface area (Å²) in [6, 6.07) is 0.733. The second-order valence-corrected chi connectivity index (χ2v) is 8.80. The molecule has 1 rings (SSSR count). The lowest BCUT2D eigenvalue weighted by atomic mass is 10.4. The molecule has 6 heteroatoms. The number of unbranched alkanes of at least 4 members (excludes halogenated alkanes) is 3. The summed E-state index contributed by atoms with van der Waals surface area (Å²) in [4.78, 5) is 0. The molecule has 0 aromatic heterocycles. The fourth-order valence-electron chi connectivity index (χ4n) is 2.03. The maximum absolute atomic E-state index is 6.17. The molecule has 0 radical (unpaired) electrons. The van der Waals surface area contributed by atoms with E-state index >= 15 is 0 Å². The molecule has 0 aromatic rings. The Morgan fingerprint density at radius 2 is 1.30 bits per heavy atom. The molecule has 5 nitrogen and oxygen atoms in total. The Labute approximate surface area is 143 Å². The highest BCUT2D eigenvalue weighted by atomic mass is 28.4. The van der Waals surface area contributed by atoms with Crippen molar-refractivity contribution in [1.29, 1.82) is 0 Å². The summed E-state index contributed by atoms with van der Waals surface area (Å²) in [5.74, 6) is 0. The van der Waals surface area contributed by atoms with E-state index in [1.54, 1.807) is 0 Å². The van der Waals surface area contributed by atoms with Crippen LogP contribution >= 0.6 is 0 Å². The molecular formula is C17H36O5Si. The summed E-state index contributed by atoms with van der Waals surface area (Å²) in [7, 11) is -2.62. The predicted molar refractivity (Wildman–Crippen MR) is 93.7 cm³/mol. The molecule has 0 bridgehead atoms. The number of epoxide rings is 1. The smallest absolute Gasteiger partial charge is 0.379 e. The van der Waals surface area contributed by atoms with Crippen molar-refractivity contribution in [2.75, 3.05) is 39.6 Å². The van der Waals surface area contributed by atoms with Gasteiger partial charge >= 0.3 is 8.80 Å². The Bertz CT molecular complexity index is 247. The van der Waals surface area contributed by atoms with Gasteiger partial charge in [-0.05, 0) is 19.3 Å². The summed E-state index contributed by atoms with van der Waals surface area (Å²) in [6.45, 7) is 10.8. The maximum atomic E-state index is 6.17. The van der Waals surface area contributed by atoms with Crippen molar-refractivity contribution in [3.05, 3.63) is 0 Å². The average Bonchev–Trinajstić information content (AvgIpc) is 3.37. The Morgan fingerprint density at radius 1 is 0.826 bits per heavy atom. The maximum Gasteiger partial charge on any atom is 0.503 e. The molecule has 0 aliphatic carbocycles. The molecule has 138 valence electrons. The summed E-state index contributed by atoms with van der Waals surface area (Å²) >= 11 is 0. The summed E-state index contributed by atoms with van der Waals surface area (Å²) in [6.07, 6.45) is 6.77. The van der Waals surface area contributed by atoms with Crippen molar-refractivity contribution in [3.63, 3.8) is 0 Å². The van der Waals surface area contributed by atoms with Crippen molar-refractivity contribution >= 4 is 8.80 Å². The van der Waals surface area contributed by atoms with Crippen LogP contribution < -0.4 is 0 Å². The molecule has 1 heterocycles. The molecular weight excluding hydrogens is 312 g/mol. The van der Waals surface area contributed by atoms with Crippen molar-refractivity contribution in [2.45, 2.75) is 71.4 Å². The Morgan fingerprint density at radius 3 is 1.70 bits per heavy atom. The van der Waals surface area contributed by atoms with E-state index < -0.39 is 8.80 Å². The van der Waals surface area contributed by atoms with Gasteiger partial charge in [-0.1, -0.05) is 40.0 Å². The van der Waals surface area contributed by atoms with E-state index in [4.69, 9.17) is 22.8 Å². The van der Waals surface area contributed by atoms with Crippen LogP contribution in [-0.4, -0.2) is 54.5 Å². The zero-order valence-corrected chi connectivity index (χ0v) is 16.3. The summed E-state index contributed by atoms with van der Waals surface area (Å²) in [5.41, 5.74) is 0. The van der Waals surface area contributed by atoms with Gasteiger partial charge in [-0.25, -0.2) is 0 Å². The zero-order chi connectivity index (χ0) is 16.8. The molecule has 0 spiro atoms. The standard InChI is InChI=1S/C17H36O5Si/c1-4-7-10-20-23(21-11-8-5-2,22-12-9-6-3)14-13-18-15-17-16-19-17/h17H,4-16H2,1-3H3. The number of ether oxygens (including phenoxy) is 2. The van der Waals surface area contributed by atoms with E-state index in [0.29, 0.717) is 39.1 Å². The Hall–Kier alpha value is 0.0169. The topological polar surface area (TPSA) is 49.5 Å². The van der Waals surface area contributed by atoms with Crippen LogP contribution in [-0.2, 0) is 22.8 Å². The van der Waals surface area contributed by atoms with Crippen LogP contribution in [0.4, 0.5) is 0 Å². The number of rotatable bonds is 17. The number of hydrogen-bond donors (Lipinski definition) is 0. The van der Waals surface area contributed by atoms with E-state index in [1.807, 2.05) is 0 Å². The van der Waals surface area contributed by atoms with Gasteiger partial charge in [0.2, 0.25) is 0 Å². The molecule has 0 saturated carbocycles. The van der Waals surface area contributed by atoms with Crippen LogP contribution in [0.3, 0.4) is 0 Å². The highest BCUT2D eigenvalue weighted by Crippen LogP contribution is 2.19. The fourth-order valence-corrected chi connectivity index (χ4v) is 4.48. The fraction of sp³-hybridized carbons (Fsp3) is 1.00. The highest BCUT2D eigenvalue weighted by molar-refractivity contribution is 6.60. The minimum Gasteiger partial charge on any atom is -0.379 e.